The highest BCUT2D eigenvalue weighted by molar-refractivity contribution is 5.82. The summed E-state index contributed by atoms with van der Waals surface area (Å²) in [7, 11) is 3.59. The fourth-order valence-corrected chi connectivity index (χ4v) is 6.87. The summed E-state index contributed by atoms with van der Waals surface area (Å²) in [5.74, 6) is 1.25. The molecule has 0 amide bonds. The fourth-order valence-electron chi connectivity index (χ4n) is 6.87. The van der Waals surface area contributed by atoms with E-state index in [0.717, 1.165) is 56.2 Å². The van der Waals surface area contributed by atoms with Gasteiger partial charge in [0.1, 0.15) is 23.4 Å². The number of rotatable bonds is 9. The van der Waals surface area contributed by atoms with Crippen molar-refractivity contribution in [3.05, 3.63) is 88.8 Å². The molecule has 9 rings (SSSR count). The number of hydrogen-bond acceptors (Lipinski definition) is 9. The van der Waals surface area contributed by atoms with Crippen molar-refractivity contribution < 1.29 is 17.9 Å². The molecule has 1 saturated heterocycles. The number of hydrogen-bond donors (Lipinski definition) is 0. The molecule has 260 valence electrons. The number of likely N-dealkylation sites (N-methyl/N-ethyl adjacent to an activating group) is 1. The molecule has 0 atom stereocenters. The third kappa shape index (κ3) is 5.74. The van der Waals surface area contributed by atoms with Crippen LogP contribution in [0.4, 0.5) is 13.2 Å². The van der Waals surface area contributed by atoms with E-state index in [9.17, 15) is 18.0 Å². The van der Waals surface area contributed by atoms with Crippen LogP contribution in [-0.4, -0.2) is 76.0 Å². The minimum Gasteiger partial charge on any atom is -0.480 e. The third-order valence-electron chi connectivity index (χ3n) is 9.90. The summed E-state index contributed by atoms with van der Waals surface area (Å²) in [4.78, 5) is 39.2. The lowest BCUT2D eigenvalue weighted by atomic mass is 10.1. The van der Waals surface area contributed by atoms with E-state index in [-0.39, 0.29) is 35.9 Å². The number of methoxy groups -OCH3 is 1. The van der Waals surface area contributed by atoms with Crippen LogP contribution in [-0.2, 0) is 12.7 Å². The lowest BCUT2D eigenvalue weighted by molar-refractivity contribution is -0.140. The van der Waals surface area contributed by atoms with Crippen molar-refractivity contribution in [3.8, 4) is 39.8 Å². The van der Waals surface area contributed by atoms with Gasteiger partial charge in [-0.1, -0.05) is 24.3 Å². The maximum absolute atomic E-state index is 14.5. The molecule has 0 bridgehead atoms. The summed E-state index contributed by atoms with van der Waals surface area (Å²) < 4.78 is 51.5. The standard InChI is InChI=1S/C36H33F3N10O2/c1-46-16-26(17-46)49-15-24(13-43-49)27-11-23-12-40-31(29-30(21-7-8-21)41-19-42-34(29)51-2)45-33(23)48(35(27)50)14-20-3-5-22(6-4-20)32-44-28(36(37,38)39)18-47(32)25-9-10-25/h3-6,11-13,15,18-19,21,25-26H,7-10,14,16-17H2,1-2H3. The maximum atomic E-state index is 14.5. The number of pyridine rings is 1. The Bertz CT molecular complexity index is 2350. The average molecular weight is 695 g/mol. The molecule has 6 aromatic rings. The van der Waals surface area contributed by atoms with E-state index < -0.39 is 11.9 Å². The van der Waals surface area contributed by atoms with Gasteiger partial charge in [-0.2, -0.15) is 18.3 Å². The first kappa shape index (κ1) is 31.5. The van der Waals surface area contributed by atoms with Crippen molar-refractivity contribution in [3.63, 3.8) is 0 Å². The number of alkyl halides is 3. The average Bonchev–Trinajstić information content (AvgIpc) is 4.05. The number of aromatic nitrogens is 9. The first-order chi connectivity index (χ1) is 24.6. The number of likely N-dealkylation sites (tertiary alicyclic amines) is 1. The molecule has 15 heteroatoms. The lowest BCUT2D eigenvalue weighted by Gasteiger charge is -2.36. The molecule has 2 saturated carbocycles. The van der Waals surface area contributed by atoms with E-state index in [1.165, 1.54) is 13.4 Å². The van der Waals surface area contributed by atoms with Gasteiger partial charge in [-0.15, -0.1) is 0 Å². The monoisotopic (exact) mass is 694 g/mol. The summed E-state index contributed by atoms with van der Waals surface area (Å²) in [5, 5.41) is 5.22. The van der Waals surface area contributed by atoms with Gasteiger partial charge in [-0.05, 0) is 44.4 Å². The van der Waals surface area contributed by atoms with Crippen LogP contribution in [0.3, 0.4) is 0 Å². The highest BCUT2D eigenvalue weighted by Gasteiger charge is 2.37. The van der Waals surface area contributed by atoms with Crippen LogP contribution in [0.2, 0.25) is 0 Å². The quantitative estimate of drug-likeness (QED) is 0.186. The van der Waals surface area contributed by atoms with Crippen LogP contribution >= 0.6 is 0 Å². The van der Waals surface area contributed by atoms with Crippen molar-refractivity contribution >= 4 is 11.0 Å². The molecule has 3 aliphatic rings. The second-order valence-corrected chi connectivity index (χ2v) is 13.7. The van der Waals surface area contributed by atoms with Crippen molar-refractivity contribution in [2.45, 2.75) is 56.4 Å². The summed E-state index contributed by atoms with van der Waals surface area (Å²) >= 11 is 0. The molecule has 0 radical (unpaired) electrons. The normalized spacial score (nSPS) is 16.9. The zero-order valence-electron chi connectivity index (χ0n) is 27.9. The van der Waals surface area contributed by atoms with E-state index >= 15 is 0 Å². The summed E-state index contributed by atoms with van der Waals surface area (Å²) in [6.45, 7) is 1.90. The van der Waals surface area contributed by atoms with Crippen LogP contribution in [0.5, 0.6) is 5.88 Å². The number of fused-ring (bicyclic) bond motifs is 1. The molecule has 1 aromatic carbocycles. The van der Waals surface area contributed by atoms with Crippen LogP contribution in [0.1, 0.15) is 60.6 Å². The summed E-state index contributed by atoms with van der Waals surface area (Å²) in [5.41, 5.74) is 3.13. The Balaban J connectivity index is 1.14. The molecule has 12 nitrogen and oxygen atoms in total. The van der Waals surface area contributed by atoms with Crippen LogP contribution in [0, 0.1) is 0 Å². The van der Waals surface area contributed by atoms with Gasteiger partial charge in [0, 0.05) is 60.2 Å². The van der Waals surface area contributed by atoms with Gasteiger partial charge in [0.05, 0.1) is 37.2 Å². The minimum absolute atomic E-state index is 0.00784. The van der Waals surface area contributed by atoms with E-state index in [4.69, 9.17) is 14.7 Å². The van der Waals surface area contributed by atoms with Gasteiger partial charge in [0.15, 0.2) is 11.5 Å². The highest BCUT2D eigenvalue weighted by atomic mass is 19.4. The molecule has 2 aliphatic carbocycles. The molecule has 3 fully saturated rings. The molecule has 0 N–H and O–H groups in total. The van der Waals surface area contributed by atoms with Gasteiger partial charge in [-0.3, -0.25) is 14.0 Å². The minimum atomic E-state index is -4.54. The molecular formula is C36H33F3N10O2. The zero-order chi connectivity index (χ0) is 35.0. The van der Waals surface area contributed by atoms with Gasteiger partial charge in [0.2, 0.25) is 5.88 Å². The summed E-state index contributed by atoms with van der Waals surface area (Å²) in [6, 6.07) is 9.17. The second-order valence-electron chi connectivity index (χ2n) is 13.7. The molecule has 51 heavy (non-hydrogen) atoms. The van der Waals surface area contributed by atoms with Gasteiger partial charge in [-0.25, -0.2) is 24.9 Å². The molecule has 0 unspecified atom stereocenters. The van der Waals surface area contributed by atoms with Crippen molar-refractivity contribution in [2.24, 2.45) is 0 Å². The maximum Gasteiger partial charge on any atom is 0.434 e. The highest BCUT2D eigenvalue weighted by Crippen LogP contribution is 2.45. The van der Waals surface area contributed by atoms with Crippen LogP contribution in [0.25, 0.3) is 44.9 Å². The Morgan fingerprint density at radius 3 is 2.39 bits per heavy atom. The van der Waals surface area contributed by atoms with E-state index in [0.29, 0.717) is 45.0 Å². The molecule has 5 aromatic heterocycles. The predicted molar refractivity (Wildman–Crippen MR) is 181 cm³/mol. The van der Waals surface area contributed by atoms with E-state index in [1.807, 2.05) is 23.0 Å². The van der Waals surface area contributed by atoms with E-state index in [2.05, 4.69) is 32.0 Å². The number of benzene rings is 1. The molecule has 0 spiro atoms. The zero-order valence-corrected chi connectivity index (χ0v) is 27.9. The first-order valence-electron chi connectivity index (χ1n) is 16.9. The van der Waals surface area contributed by atoms with Gasteiger partial charge >= 0.3 is 6.18 Å². The van der Waals surface area contributed by atoms with E-state index in [1.54, 1.807) is 39.7 Å². The van der Waals surface area contributed by atoms with Crippen molar-refractivity contribution in [2.75, 3.05) is 27.2 Å². The molecule has 1 aliphatic heterocycles. The van der Waals surface area contributed by atoms with Crippen molar-refractivity contribution in [1.29, 1.82) is 0 Å². The molecular weight excluding hydrogens is 661 g/mol. The Morgan fingerprint density at radius 2 is 1.71 bits per heavy atom. The van der Waals surface area contributed by atoms with Crippen LogP contribution in [0.15, 0.2) is 66.2 Å². The second kappa shape index (κ2) is 11.8. The third-order valence-corrected chi connectivity index (χ3v) is 9.90. The van der Waals surface area contributed by atoms with Crippen molar-refractivity contribution in [1.82, 2.24) is 48.7 Å². The first-order valence-corrected chi connectivity index (χ1v) is 16.9. The number of halogens is 3. The largest absolute Gasteiger partial charge is 0.480 e. The Morgan fingerprint density at radius 1 is 0.922 bits per heavy atom. The summed E-state index contributed by atoms with van der Waals surface area (Å²) in [6.07, 6.45) is 6.97. The smallest absolute Gasteiger partial charge is 0.434 e. The number of ether oxygens (including phenoxy) is 1. The topological polar surface area (TPSA) is 122 Å². The Hall–Kier alpha value is -5.44. The van der Waals surface area contributed by atoms with Gasteiger partial charge < -0.3 is 14.2 Å². The van der Waals surface area contributed by atoms with Crippen LogP contribution < -0.4 is 10.3 Å². The number of nitrogens with zero attached hydrogens (tertiary/aromatic N) is 10. The SMILES string of the molecule is COc1ncnc(C2CC2)c1-c1ncc2cc(-c3cnn(C4CN(C)C4)c3)c(=O)n(Cc3ccc(-c4nc(C(F)(F)F)cn4C4CC4)cc3)c2n1. The Labute approximate surface area is 289 Å². The Kier molecular flexibility index (Phi) is 7.31. The molecule has 6 heterocycles. The number of imidazole rings is 1. The fraction of sp³-hybridized carbons (Fsp3) is 0.361. The predicted octanol–water partition coefficient (Wildman–Crippen LogP) is 5.75. The van der Waals surface area contributed by atoms with Gasteiger partial charge in [0.25, 0.3) is 5.56 Å². The lowest BCUT2D eigenvalue weighted by Crippen LogP contribution is -2.45.